The van der Waals surface area contributed by atoms with Crippen molar-refractivity contribution in [1.29, 1.82) is 5.26 Å². The number of aliphatic hydroxyl groups excluding tert-OH is 1. The van der Waals surface area contributed by atoms with E-state index in [0.29, 0.717) is 67.0 Å². The van der Waals surface area contributed by atoms with Crippen molar-refractivity contribution in [2.75, 3.05) is 19.7 Å². The highest BCUT2D eigenvalue weighted by atomic mass is 16.7. The first-order valence-corrected chi connectivity index (χ1v) is 17.8. The van der Waals surface area contributed by atoms with Crippen LogP contribution in [0.15, 0.2) is 0 Å². The zero-order chi connectivity index (χ0) is 30.0. The summed E-state index contributed by atoms with van der Waals surface area (Å²) in [5.74, 6) is 2.40. The second kappa shape index (κ2) is 9.66. The van der Waals surface area contributed by atoms with E-state index in [4.69, 9.17) is 14.2 Å². The predicted molar refractivity (Wildman–Crippen MR) is 160 cm³/mol. The molecule has 1 N–H and O–H groups in total. The van der Waals surface area contributed by atoms with Crippen LogP contribution in [0.4, 0.5) is 0 Å². The molecule has 0 radical (unpaired) electrons. The summed E-state index contributed by atoms with van der Waals surface area (Å²) in [4.78, 5) is 14.8. The maximum Gasteiger partial charge on any atom is 0.223 e. The van der Waals surface area contributed by atoms with Gasteiger partial charge in [0, 0.05) is 18.4 Å². The van der Waals surface area contributed by atoms with Crippen molar-refractivity contribution in [2.45, 2.75) is 142 Å². The number of morpholine rings is 1. The standard InChI is InChI=1S/C36H54N2O5/c1-32(2)25-9-10-26-34(4)31(40)30-24(8-7-23(42-30)12-16-37)33(34,3)14-15-36(26)21-35(25,36)13-11-27(32)43-29-20-38(17-18-41-29)28(39)19-22-5-6-22/h22-27,29-31,40H,5-15,17-21H2,1-4H3/t23-,24+,25?,26+,27+,29+,30+,31+,33-,34-,35-,36?/m1/s1. The first kappa shape index (κ1) is 29.2. The second-order valence-corrected chi connectivity index (χ2v) is 17.4. The molecule has 8 rings (SSSR count). The molecule has 7 heteroatoms. The molecule has 8 fully saturated rings. The third kappa shape index (κ3) is 3.88. The maximum absolute atomic E-state index is 12.8. The molecular formula is C36H54N2O5. The average Bonchev–Trinajstić information content (AvgIpc) is 3.90. The second-order valence-electron chi connectivity index (χ2n) is 17.4. The molecule has 0 aromatic rings. The van der Waals surface area contributed by atoms with Gasteiger partial charge in [-0.2, -0.15) is 5.26 Å². The van der Waals surface area contributed by atoms with Gasteiger partial charge in [0.25, 0.3) is 0 Å². The molecule has 0 bridgehead atoms. The lowest BCUT2D eigenvalue weighted by molar-refractivity contribution is -0.248. The Morgan fingerprint density at radius 3 is 2.53 bits per heavy atom. The number of aliphatic hydroxyl groups is 1. The largest absolute Gasteiger partial charge is 0.390 e. The summed E-state index contributed by atoms with van der Waals surface area (Å²) >= 11 is 0. The fourth-order valence-corrected chi connectivity index (χ4v) is 13.1. The molecule has 7 nitrogen and oxygen atoms in total. The fourth-order valence-electron chi connectivity index (χ4n) is 13.1. The Labute approximate surface area is 258 Å². The summed E-state index contributed by atoms with van der Waals surface area (Å²) in [7, 11) is 0. The molecule has 8 aliphatic rings. The van der Waals surface area contributed by atoms with E-state index in [1.54, 1.807) is 0 Å². The van der Waals surface area contributed by atoms with E-state index >= 15 is 0 Å². The van der Waals surface area contributed by atoms with E-state index in [-0.39, 0.29) is 46.8 Å². The molecule has 2 aliphatic heterocycles. The van der Waals surface area contributed by atoms with Gasteiger partial charge in [-0.1, -0.05) is 27.7 Å². The SMILES string of the molecule is CC1(C)C2CC[C@@H]3C4(CC[C@]5(C)[C@H]6CC[C@H](CC#N)O[C@@H]6[C@H](O)[C@@]35C)C[C@]24CC[C@@H]1O[C@H]1CN(C(=O)CC2CC2)CCO1. The minimum absolute atomic E-state index is 0.0298. The molecule has 43 heavy (non-hydrogen) atoms. The lowest BCUT2D eigenvalue weighted by atomic mass is 9.41. The Hall–Kier alpha value is -1.20. The number of fused-ring (bicyclic) bond motifs is 4. The van der Waals surface area contributed by atoms with Crippen LogP contribution in [-0.4, -0.2) is 66.3 Å². The Kier molecular flexibility index (Phi) is 6.56. The molecule has 238 valence electrons. The van der Waals surface area contributed by atoms with E-state index in [2.05, 4.69) is 33.8 Å². The van der Waals surface area contributed by atoms with Crippen molar-refractivity contribution < 1.29 is 24.1 Å². The fraction of sp³-hybridized carbons (Fsp3) is 0.944. The van der Waals surface area contributed by atoms with Crippen LogP contribution >= 0.6 is 0 Å². The van der Waals surface area contributed by atoms with Crippen molar-refractivity contribution in [1.82, 2.24) is 4.90 Å². The summed E-state index contributed by atoms with van der Waals surface area (Å²) in [5, 5.41) is 21.5. The van der Waals surface area contributed by atoms with E-state index in [1.165, 1.54) is 51.4 Å². The smallest absolute Gasteiger partial charge is 0.223 e. The number of amides is 1. The molecule has 2 spiro atoms. The van der Waals surface area contributed by atoms with E-state index in [0.717, 1.165) is 19.3 Å². The summed E-state index contributed by atoms with van der Waals surface area (Å²) < 4.78 is 19.5. The molecule has 1 amide bonds. The molecule has 2 heterocycles. The third-order valence-corrected chi connectivity index (χ3v) is 15.7. The number of nitrogens with zero attached hydrogens (tertiary/aromatic N) is 2. The number of hydrogen-bond acceptors (Lipinski definition) is 6. The summed E-state index contributed by atoms with van der Waals surface area (Å²) in [6, 6.07) is 2.31. The summed E-state index contributed by atoms with van der Waals surface area (Å²) in [5.41, 5.74) is 0.633. The number of hydrogen-bond donors (Lipinski definition) is 1. The maximum atomic E-state index is 12.8. The number of nitriles is 1. The van der Waals surface area contributed by atoms with Crippen molar-refractivity contribution in [2.24, 2.45) is 50.7 Å². The average molecular weight is 595 g/mol. The molecule has 0 aromatic heterocycles. The van der Waals surface area contributed by atoms with Gasteiger partial charge in [0.2, 0.25) is 5.91 Å². The quantitative estimate of drug-likeness (QED) is 0.430. The Bertz CT molecular complexity index is 1200. The van der Waals surface area contributed by atoms with Gasteiger partial charge in [0.1, 0.15) is 0 Å². The highest BCUT2D eigenvalue weighted by molar-refractivity contribution is 5.76. The molecule has 2 unspecified atom stereocenters. The Morgan fingerprint density at radius 1 is 1.00 bits per heavy atom. The number of ether oxygens (including phenoxy) is 3. The summed E-state index contributed by atoms with van der Waals surface area (Å²) in [6.07, 6.45) is 13.1. The predicted octanol–water partition coefficient (Wildman–Crippen LogP) is 5.84. The molecule has 12 atom stereocenters. The first-order valence-electron chi connectivity index (χ1n) is 17.8. The highest BCUT2D eigenvalue weighted by Gasteiger charge is 2.84. The third-order valence-electron chi connectivity index (χ3n) is 15.7. The number of rotatable bonds is 5. The van der Waals surface area contributed by atoms with Crippen LogP contribution in [0.5, 0.6) is 0 Å². The molecule has 6 saturated carbocycles. The Morgan fingerprint density at radius 2 is 1.77 bits per heavy atom. The normalized spacial score (nSPS) is 53.0. The van der Waals surface area contributed by atoms with Crippen LogP contribution in [-0.2, 0) is 19.0 Å². The van der Waals surface area contributed by atoms with Gasteiger partial charge in [-0.25, -0.2) is 0 Å². The monoisotopic (exact) mass is 594 g/mol. The van der Waals surface area contributed by atoms with Gasteiger partial charge in [-0.15, -0.1) is 0 Å². The minimum atomic E-state index is -0.456. The zero-order valence-electron chi connectivity index (χ0n) is 27.0. The van der Waals surface area contributed by atoms with Gasteiger partial charge >= 0.3 is 0 Å². The molecule has 0 aromatic carbocycles. The van der Waals surface area contributed by atoms with Gasteiger partial charge in [0.15, 0.2) is 6.29 Å². The minimum Gasteiger partial charge on any atom is -0.390 e. The van der Waals surface area contributed by atoms with Crippen LogP contribution < -0.4 is 0 Å². The van der Waals surface area contributed by atoms with Gasteiger partial charge in [-0.3, -0.25) is 4.79 Å². The molecular weight excluding hydrogens is 540 g/mol. The molecule has 2 saturated heterocycles. The van der Waals surface area contributed by atoms with Crippen molar-refractivity contribution in [3.8, 4) is 6.07 Å². The van der Waals surface area contributed by atoms with Crippen LogP contribution in [0, 0.1) is 62.1 Å². The van der Waals surface area contributed by atoms with Crippen LogP contribution in [0.25, 0.3) is 0 Å². The zero-order valence-corrected chi connectivity index (χ0v) is 27.0. The van der Waals surface area contributed by atoms with Crippen molar-refractivity contribution in [3.63, 3.8) is 0 Å². The summed E-state index contributed by atoms with van der Waals surface area (Å²) in [6.45, 7) is 11.6. The Balaban J connectivity index is 1.000. The van der Waals surface area contributed by atoms with Crippen molar-refractivity contribution >= 4 is 5.91 Å². The van der Waals surface area contributed by atoms with E-state index in [1.807, 2.05) is 4.90 Å². The lowest BCUT2D eigenvalue weighted by Crippen LogP contribution is -2.60. The van der Waals surface area contributed by atoms with Crippen LogP contribution in [0.1, 0.15) is 111 Å². The molecule has 6 aliphatic carbocycles. The van der Waals surface area contributed by atoms with Gasteiger partial charge in [0.05, 0.1) is 50.1 Å². The highest BCUT2D eigenvalue weighted by Crippen LogP contribution is 2.89. The van der Waals surface area contributed by atoms with Crippen LogP contribution in [0.3, 0.4) is 0 Å². The van der Waals surface area contributed by atoms with E-state index in [9.17, 15) is 15.2 Å². The first-order chi connectivity index (χ1) is 20.5. The lowest BCUT2D eigenvalue weighted by Gasteiger charge is -2.63. The van der Waals surface area contributed by atoms with Crippen molar-refractivity contribution in [3.05, 3.63) is 0 Å². The number of carbonyl (C=O) groups excluding carboxylic acids is 1. The van der Waals surface area contributed by atoms with Gasteiger partial charge in [-0.05, 0) is 116 Å². The topological polar surface area (TPSA) is 92.0 Å². The van der Waals surface area contributed by atoms with Crippen LogP contribution in [0.2, 0.25) is 0 Å². The number of carbonyl (C=O) groups is 1. The van der Waals surface area contributed by atoms with E-state index < -0.39 is 6.10 Å². The van der Waals surface area contributed by atoms with Gasteiger partial charge < -0.3 is 24.2 Å².